The van der Waals surface area contributed by atoms with Gasteiger partial charge in [-0.25, -0.2) is 9.59 Å². The molecule has 0 amide bonds. The molecule has 1 atom stereocenters. The van der Waals surface area contributed by atoms with E-state index in [4.69, 9.17) is 0 Å². The van der Waals surface area contributed by atoms with E-state index in [9.17, 15) is 19.2 Å². The summed E-state index contributed by atoms with van der Waals surface area (Å²) in [6.07, 6.45) is 3.47. The minimum Gasteiger partial charge on any atom is -0.360 e. The first-order valence-corrected chi connectivity index (χ1v) is 10.2. The molecule has 0 bridgehead atoms. The fourth-order valence-electron chi connectivity index (χ4n) is 4.19. The van der Waals surface area contributed by atoms with Crippen molar-refractivity contribution in [3.8, 4) is 0 Å². The normalized spacial score (nSPS) is 15.2. The van der Waals surface area contributed by atoms with Gasteiger partial charge in [0.05, 0.1) is 22.2 Å². The Morgan fingerprint density at radius 1 is 0.781 bits per heavy atom. The van der Waals surface area contributed by atoms with Crippen molar-refractivity contribution in [3.05, 3.63) is 99.4 Å². The van der Waals surface area contributed by atoms with E-state index >= 15 is 0 Å². The first kappa shape index (κ1) is 21.4. The summed E-state index contributed by atoms with van der Waals surface area (Å²) < 4.78 is 4.98. The van der Waals surface area contributed by atoms with E-state index in [1.807, 2.05) is 35.2 Å². The molecule has 0 N–H and O–H groups in total. The summed E-state index contributed by atoms with van der Waals surface area (Å²) in [5.74, 6) is 0. The molecule has 0 saturated heterocycles. The lowest BCUT2D eigenvalue weighted by Crippen LogP contribution is -2.59. The maximum absolute atomic E-state index is 13.2. The van der Waals surface area contributed by atoms with Crippen LogP contribution in [0.1, 0.15) is 22.9 Å². The minimum absolute atomic E-state index is 0.346. The maximum atomic E-state index is 13.2. The number of benzene rings is 1. The third-order valence-corrected chi connectivity index (χ3v) is 6.22. The summed E-state index contributed by atoms with van der Waals surface area (Å²) >= 11 is 0. The second kappa shape index (κ2) is 7.67. The predicted octanol–water partition coefficient (Wildman–Crippen LogP) is -1.43. The maximum Gasteiger partial charge on any atom is 0.330 e. The van der Waals surface area contributed by atoms with Crippen molar-refractivity contribution in [3.63, 3.8) is 0 Å². The van der Waals surface area contributed by atoms with Gasteiger partial charge in [0.25, 0.3) is 11.1 Å². The Bertz CT molecular complexity index is 1590. The zero-order valence-corrected chi connectivity index (χ0v) is 18.7. The van der Waals surface area contributed by atoms with Crippen molar-refractivity contribution in [2.75, 3.05) is 0 Å². The van der Waals surface area contributed by atoms with Gasteiger partial charge < -0.3 is 9.47 Å². The van der Waals surface area contributed by atoms with E-state index in [1.165, 1.54) is 23.2 Å². The molecule has 3 aromatic rings. The number of hydrogen-bond acceptors (Lipinski definition) is 5. The van der Waals surface area contributed by atoms with Crippen molar-refractivity contribution >= 4 is 12.3 Å². The monoisotopic (exact) mass is 435 g/mol. The SMILES string of the molecule is Cc1c(C2C=c3c(=O)n(C)c(=O)n(C)c3=CN2Cc2ccccc2)c(=O)n(C)c(=O)n1C. The Labute approximate surface area is 183 Å². The second-order valence-electron chi connectivity index (χ2n) is 8.11. The molecule has 4 rings (SSSR count). The van der Waals surface area contributed by atoms with Gasteiger partial charge in [-0.2, -0.15) is 0 Å². The van der Waals surface area contributed by atoms with Crippen molar-refractivity contribution < 1.29 is 0 Å². The van der Waals surface area contributed by atoms with Crippen molar-refractivity contribution in [2.24, 2.45) is 28.2 Å². The predicted molar refractivity (Wildman–Crippen MR) is 121 cm³/mol. The number of hydrogen-bond donors (Lipinski definition) is 0. The Hall–Kier alpha value is -3.88. The highest BCUT2D eigenvalue weighted by atomic mass is 16.2. The summed E-state index contributed by atoms with van der Waals surface area (Å²) in [5.41, 5.74) is 0.249. The first-order chi connectivity index (χ1) is 15.1. The molecule has 1 aliphatic rings. The minimum atomic E-state index is -0.599. The first-order valence-electron chi connectivity index (χ1n) is 10.2. The lowest BCUT2D eigenvalue weighted by Gasteiger charge is -2.32. The molecule has 0 fully saturated rings. The van der Waals surface area contributed by atoms with Crippen LogP contribution in [0.15, 0.2) is 49.5 Å². The molecule has 1 unspecified atom stereocenters. The van der Waals surface area contributed by atoms with Crippen LogP contribution >= 0.6 is 0 Å². The van der Waals surface area contributed by atoms with E-state index in [0.717, 1.165) is 14.7 Å². The zero-order valence-electron chi connectivity index (χ0n) is 18.7. The van der Waals surface area contributed by atoms with Crippen LogP contribution in [-0.4, -0.2) is 23.2 Å². The molecule has 166 valence electrons. The third-order valence-electron chi connectivity index (χ3n) is 6.22. The molecule has 0 aliphatic carbocycles. The molecule has 0 saturated carbocycles. The number of rotatable bonds is 3. The van der Waals surface area contributed by atoms with Gasteiger partial charge in [0.15, 0.2) is 0 Å². The quantitative estimate of drug-likeness (QED) is 0.503. The lowest BCUT2D eigenvalue weighted by molar-refractivity contribution is 0.350. The molecule has 1 aromatic carbocycles. The summed E-state index contributed by atoms with van der Waals surface area (Å²) in [4.78, 5) is 52.9. The Balaban J connectivity index is 2.08. The highest BCUT2D eigenvalue weighted by Crippen LogP contribution is 2.25. The molecule has 0 spiro atoms. The molecule has 32 heavy (non-hydrogen) atoms. The lowest BCUT2D eigenvalue weighted by atomic mass is 10.0. The number of aromatic nitrogens is 4. The van der Waals surface area contributed by atoms with Crippen LogP contribution in [0, 0.1) is 6.92 Å². The van der Waals surface area contributed by atoms with Crippen LogP contribution in [0.25, 0.3) is 12.3 Å². The van der Waals surface area contributed by atoms with Gasteiger partial charge in [-0.15, -0.1) is 0 Å². The summed E-state index contributed by atoms with van der Waals surface area (Å²) in [6, 6.07) is 9.10. The van der Waals surface area contributed by atoms with Crippen LogP contribution in [0.4, 0.5) is 0 Å². The average Bonchev–Trinajstić information content (AvgIpc) is 2.80. The van der Waals surface area contributed by atoms with Crippen LogP contribution in [-0.2, 0) is 34.7 Å². The van der Waals surface area contributed by atoms with Crippen LogP contribution in [0.3, 0.4) is 0 Å². The highest BCUT2D eigenvalue weighted by Gasteiger charge is 2.27. The van der Waals surface area contributed by atoms with Crippen LogP contribution in [0.2, 0.25) is 0 Å². The van der Waals surface area contributed by atoms with Crippen molar-refractivity contribution in [1.82, 2.24) is 23.2 Å². The Morgan fingerprint density at radius 2 is 1.38 bits per heavy atom. The van der Waals surface area contributed by atoms with Gasteiger partial charge >= 0.3 is 11.4 Å². The molecule has 2 aromatic heterocycles. The Kier molecular flexibility index (Phi) is 5.12. The molecule has 9 heteroatoms. The summed E-state index contributed by atoms with van der Waals surface area (Å²) in [6.45, 7) is 2.16. The standard InChI is InChI=1S/C23H25N5O4/c1-14-19(21(30)27(5)22(31)24(14)2)17-11-16-18(25(3)23(32)26(4)20(16)29)13-28(17)12-15-9-7-6-8-10-15/h6-11,13,17H,12H2,1-5H3. The van der Waals surface area contributed by atoms with Gasteiger partial charge in [-0.1, -0.05) is 30.3 Å². The zero-order chi connectivity index (χ0) is 23.3. The van der Waals surface area contributed by atoms with Crippen molar-refractivity contribution in [1.29, 1.82) is 0 Å². The molecule has 9 nitrogen and oxygen atoms in total. The fraction of sp³-hybridized carbons (Fsp3) is 0.304. The fourth-order valence-corrected chi connectivity index (χ4v) is 4.19. The molecule has 0 radical (unpaired) electrons. The summed E-state index contributed by atoms with van der Waals surface area (Å²) in [5, 5.41) is 0.823. The van der Waals surface area contributed by atoms with E-state index in [2.05, 4.69) is 0 Å². The topological polar surface area (TPSA) is 91.2 Å². The smallest absolute Gasteiger partial charge is 0.330 e. The average molecular weight is 435 g/mol. The Morgan fingerprint density at radius 3 is 2.03 bits per heavy atom. The number of nitrogens with zero attached hydrogens (tertiary/aromatic N) is 5. The van der Waals surface area contributed by atoms with Gasteiger partial charge in [0, 0.05) is 46.6 Å². The van der Waals surface area contributed by atoms with Crippen LogP contribution in [0.5, 0.6) is 0 Å². The third kappa shape index (κ3) is 3.17. The molecular weight excluding hydrogens is 410 g/mol. The van der Waals surface area contributed by atoms with E-state index in [0.29, 0.717) is 28.4 Å². The summed E-state index contributed by atoms with van der Waals surface area (Å²) in [7, 11) is 6.10. The van der Waals surface area contributed by atoms with E-state index < -0.39 is 28.5 Å². The van der Waals surface area contributed by atoms with Gasteiger partial charge in [-0.05, 0) is 18.6 Å². The van der Waals surface area contributed by atoms with E-state index in [-0.39, 0.29) is 0 Å². The van der Waals surface area contributed by atoms with Crippen molar-refractivity contribution in [2.45, 2.75) is 19.5 Å². The molecule has 3 heterocycles. The van der Waals surface area contributed by atoms with Gasteiger partial charge in [0.2, 0.25) is 0 Å². The number of fused-ring (bicyclic) bond motifs is 1. The molecular formula is C23H25N5O4. The largest absolute Gasteiger partial charge is 0.360 e. The van der Waals surface area contributed by atoms with Crippen LogP contribution < -0.4 is 33.1 Å². The highest BCUT2D eigenvalue weighted by molar-refractivity contribution is 5.46. The second-order valence-corrected chi connectivity index (χ2v) is 8.11. The van der Waals surface area contributed by atoms with Gasteiger partial charge in [0.1, 0.15) is 0 Å². The molecule has 1 aliphatic heterocycles. The van der Waals surface area contributed by atoms with Gasteiger partial charge in [-0.3, -0.25) is 23.3 Å². The van der Waals surface area contributed by atoms with E-state index in [1.54, 1.807) is 33.3 Å².